The number of hydrogen-bond donors (Lipinski definition) is 3. The van der Waals surface area contributed by atoms with Crippen LogP contribution in [0.25, 0.3) is 0 Å². The topological polar surface area (TPSA) is 78.4 Å². The maximum atomic E-state index is 11.4. The number of carboxylic acids is 1. The summed E-state index contributed by atoms with van der Waals surface area (Å²) in [5.41, 5.74) is 0. The molecule has 0 unspecified atom stereocenters. The van der Waals surface area contributed by atoms with Gasteiger partial charge in [-0.15, -0.1) is 0 Å². The molecule has 5 nitrogen and oxygen atoms in total. The summed E-state index contributed by atoms with van der Waals surface area (Å²) < 4.78 is 0. The number of hydrogen-bond acceptors (Lipinski definition) is 3. The van der Waals surface area contributed by atoms with Gasteiger partial charge in [0.2, 0.25) is 5.91 Å². The molecule has 1 amide bonds. The first-order valence-corrected chi connectivity index (χ1v) is 5.89. The third kappa shape index (κ3) is 2.35. The van der Waals surface area contributed by atoms with Crippen molar-refractivity contribution in [3.05, 3.63) is 0 Å². The van der Waals surface area contributed by atoms with Gasteiger partial charge in [0.05, 0.1) is 0 Å². The molecule has 3 atom stereocenters. The van der Waals surface area contributed by atoms with Crippen LogP contribution in [0.2, 0.25) is 0 Å². The molecule has 5 heteroatoms. The van der Waals surface area contributed by atoms with Crippen molar-refractivity contribution in [1.29, 1.82) is 0 Å². The Kier molecular flexibility index (Phi) is 3.43. The van der Waals surface area contributed by atoms with Gasteiger partial charge >= 0.3 is 5.97 Å². The number of rotatable bonds is 2. The Morgan fingerprint density at radius 1 is 1.31 bits per heavy atom. The molecule has 0 bridgehead atoms. The van der Waals surface area contributed by atoms with Crippen molar-refractivity contribution in [2.75, 3.05) is 19.6 Å². The summed E-state index contributed by atoms with van der Waals surface area (Å²) in [6.07, 6.45) is 2.78. The molecule has 0 aromatic carbocycles. The van der Waals surface area contributed by atoms with Gasteiger partial charge in [0.1, 0.15) is 5.92 Å². The van der Waals surface area contributed by atoms with E-state index in [2.05, 4.69) is 10.6 Å². The van der Waals surface area contributed by atoms with Crippen molar-refractivity contribution >= 4 is 11.9 Å². The summed E-state index contributed by atoms with van der Waals surface area (Å²) in [4.78, 5) is 22.3. The van der Waals surface area contributed by atoms with Crippen molar-refractivity contribution in [3.8, 4) is 0 Å². The molecule has 2 fully saturated rings. The zero-order valence-corrected chi connectivity index (χ0v) is 9.24. The van der Waals surface area contributed by atoms with Gasteiger partial charge < -0.3 is 15.7 Å². The molecule has 2 aliphatic heterocycles. The molecule has 3 N–H and O–H groups in total. The summed E-state index contributed by atoms with van der Waals surface area (Å²) in [7, 11) is 0. The first-order chi connectivity index (χ1) is 7.68. The van der Waals surface area contributed by atoms with Gasteiger partial charge in [0.15, 0.2) is 0 Å². The highest BCUT2D eigenvalue weighted by atomic mass is 16.4. The Labute approximate surface area is 94.6 Å². The van der Waals surface area contributed by atoms with Crippen molar-refractivity contribution in [3.63, 3.8) is 0 Å². The molecule has 0 spiro atoms. The van der Waals surface area contributed by atoms with Crippen molar-refractivity contribution in [2.24, 2.45) is 17.8 Å². The molecule has 0 aromatic heterocycles. The number of carboxylic acid groups (broad SMARTS) is 1. The highest BCUT2D eigenvalue weighted by Crippen LogP contribution is 2.28. The second-order valence-electron chi connectivity index (χ2n) is 4.74. The summed E-state index contributed by atoms with van der Waals surface area (Å²) in [5, 5.41) is 15.0. The van der Waals surface area contributed by atoms with Crippen molar-refractivity contribution < 1.29 is 14.7 Å². The van der Waals surface area contributed by atoms with Gasteiger partial charge in [-0.2, -0.15) is 0 Å². The molecule has 90 valence electrons. The summed E-state index contributed by atoms with van der Waals surface area (Å²) in [6, 6.07) is 0. The zero-order valence-electron chi connectivity index (χ0n) is 9.24. The number of carbonyl (C=O) groups is 2. The molecular formula is C11H18N2O3. The average molecular weight is 226 g/mol. The van der Waals surface area contributed by atoms with E-state index in [9.17, 15) is 9.59 Å². The first kappa shape index (κ1) is 11.4. The fraction of sp³-hybridized carbons (Fsp3) is 0.818. The lowest BCUT2D eigenvalue weighted by molar-refractivity contribution is -0.149. The molecule has 2 rings (SSSR count). The van der Waals surface area contributed by atoms with Crippen LogP contribution in [-0.4, -0.2) is 36.6 Å². The molecular weight excluding hydrogens is 208 g/mol. The number of carbonyl (C=O) groups excluding carboxylic acids is 1. The van der Waals surface area contributed by atoms with E-state index in [4.69, 9.17) is 5.11 Å². The van der Waals surface area contributed by atoms with Crippen LogP contribution in [0.3, 0.4) is 0 Å². The third-order valence-electron chi connectivity index (χ3n) is 3.69. The van der Waals surface area contributed by atoms with Crippen LogP contribution in [0, 0.1) is 17.8 Å². The van der Waals surface area contributed by atoms with E-state index in [1.54, 1.807) is 0 Å². The van der Waals surface area contributed by atoms with Crippen molar-refractivity contribution in [1.82, 2.24) is 10.6 Å². The van der Waals surface area contributed by atoms with Gasteiger partial charge in [-0.05, 0) is 44.2 Å². The molecule has 2 aliphatic rings. The number of aliphatic carboxylic acids is 1. The minimum absolute atomic E-state index is 0.312. The Bertz CT molecular complexity index is 287. The zero-order chi connectivity index (χ0) is 11.5. The first-order valence-electron chi connectivity index (χ1n) is 5.89. The normalized spacial score (nSPS) is 35.5. The predicted molar refractivity (Wildman–Crippen MR) is 57.8 cm³/mol. The van der Waals surface area contributed by atoms with E-state index in [0.717, 1.165) is 25.9 Å². The summed E-state index contributed by atoms with van der Waals surface area (Å²) in [5.74, 6) is -1.35. The summed E-state index contributed by atoms with van der Waals surface area (Å²) >= 11 is 0. The largest absolute Gasteiger partial charge is 0.481 e. The lowest BCUT2D eigenvalue weighted by Crippen LogP contribution is -2.49. The van der Waals surface area contributed by atoms with Crippen molar-refractivity contribution in [2.45, 2.75) is 19.3 Å². The van der Waals surface area contributed by atoms with Crippen LogP contribution in [0.15, 0.2) is 0 Å². The molecule has 2 saturated heterocycles. The highest BCUT2D eigenvalue weighted by molar-refractivity contribution is 5.97. The van der Waals surface area contributed by atoms with Crippen LogP contribution < -0.4 is 10.6 Å². The maximum absolute atomic E-state index is 11.4. The Morgan fingerprint density at radius 2 is 2.12 bits per heavy atom. The number of amides is 1. The van der Waals surface area contributed by atoms with E-state index in [1.165, 1.54) is 0 Å². The highest BCUT2D eigenvalue weighted by Gasteiger charge is 2.37. The van der Waals surface area contributed by atoms with Crippen LogP contribution >= 0.6 is 0 Å². The van der Waals surface area contributed by atoms with Crippen LogP contribution in [0.4, 0.5) is 0 Å². The van der Waals surface area contributed by atoms with E-state index in [0.29, 0.717) is 24.8 Å². The van der Waals surface area contributed by atoms with Gasteiger partial charge in [0, 0.05) is 6.54 Å². The standard InChI is InChI=1S/C11H18N2O3/c14-10-9(11(15)16)4-8(6-13-10)7-2-1-3-12-5-7/h7-9,12H,1-6H2,(H,13,14)(H,15,16)/t7-,8-,9+/m0/s1. The van der Waals surface area contributed by atoms with Gasteiger partial charge in [-0.25, -0.2) is 0 Å². The quantitative estimate of drug-likeness (QED) is 0.571. The SMILES string of the molecule is O=C(O)[C@@H]1C[C@H]([C@H]2CCCNC2)CNC1=O. The monoisotopic (exact) mass is 226 g/mol. The molecule has 0 aliphatic carbocycles. The van der Waals surface area contributed by atoms with E-state index < -0.39 is 11.9 Å². The Hall–Kier alpha value is -1.10. The van der Waals surface area contributed by atoms with Crippen LogP contribution in [0.1, 0.15) is 19.3 Å². The number of piperidine rings is 2. The fourth-order valence-electron chi connectivity index (χ4n) is 2.70. The second-order valence-corrected chi connectivity index (χ2v) is 4.74. The molecule has 0 aromatic rings. The van der Waals surface area contributed by atoms with Gasteiger partial charge in [-0.3, -0.25) is 9.59 Å². The van der Waals surface area contributed by atoms with Crippen LogP contribution in [0.5, 0.6) is 0 Å². The fourth-order valence-corrected chi connectivity index (χ4v) is 2.70. The minimum atomic E-state index is -0.994. The second kappa shape index (κ2) is 4.82. The molecule has 2 heterocycles. The van der Waals surface area contributed by atoms with E-state index >= 15 is 0 Å². The molecule has 0 radical (unpaired) electrons. The van der Waals surface area contributed by atoms with Gasteiger partial charge in [-0.1, -0.05) is 0 Å². The minimum Gasteiger partial charge on any atom is -0.481 e. The summed E-state index contributed by atoms with van der Waals surface area (Å²) in [6.45, 7) is 2.64. The Morgan fingerprint density at radius 3 is 2.75 bits per heavy atom. The number of nitrogens with one attached hydrogen (secondary N) is 2. The predicted octanol–water partition coefficient (Wildman–Crippen LogP) is -0.177. The van der Waals surface area contributed by atoms with Gasteiger partial charge in [0.25, 0.3) is 0 Å². The third-order valence-corrected chi connectivity index (χ3v) is 3.69. The average Bonchev–Trinajstić information content (AvgIpc) is 2.30. The Balaban J connectivity index is 1.96. The lowest BCUT2D eigenvalue weighted by atomic mass is 9.78. The van der Waals surface area contributed by atoms with Crippen LogP contribution in [-0.2, 0) is 9.59 Å². The van der Waals surface area contributed by atoms with E-state index in [1.807, 2.05) is 0 Å². The smallest absolute Gasteiger partial charge is 0.316 e. The molecule has 0 saturated carbocycles. The lowest BCUT2D eigenvalue weighted by Gasteiger charge is -2.35. The molecule has 16 heavy (non-hydrogen) atoms. The van der Waals surface area contributed by atoms with E-state index in [-0.39, 0.29) is 5.91 Å². The maximum Gasteiger partial charge on any atom is 0.316 e.